The van der Waals surface area contributed by atoms with Crippen molar-refractivity contribution in [2.45, 2.75) is 59.1 Å². The number of pyridine rings is 1. The van der Waals surface area contributed by atoms with Gasteiger partial charge in [-0.05, 0) is 56.2 Å². The first-order valence-electron chi connectivity index (χ1n) is 10.4. The number of ether oxygens (including phenoxy) is 1. The molecule has 1 fully saturated rings. The molecule has 1 aromatic rings. The third-order valence-corrected chi connectivity index (χ3v) is 5.02. The molecule has 6 nitrogen and oxygen atoms in total. The van der Waals surface area contributed by atoms with Gasteiger partial charge in [-0.3, -0.25) is 4.99 Å². The summed E-state index contributed by atoms with van der Waals surface area (Å²) in [5.41, 5.74) is 1.22. The number of aliphatic imine (C=N–C) groups is 1. The van der Waals surface area contributed by atoms with Gasteiger partial charge in [0.25, 0.3) is 0 Å². The van der Waals surface area contributed by atoms with Gasteiger partial charge in [-0.1, -0.05) is 13.8 Å². The molecule has 2 N–H and O–H groups in total. The van der Waals surface area contributed by atoms with Crippen LogP contribution in [0.25, 0.3) is 0 Å². The summed E-state index contributed by atoms with van der Waals surface area (Å²) in [7, 11) is 1.81. The lowest BCUT2D eigenvalue weighted by atomic mass is 10.0. The van der Waals surface area contributed by atoms with E-state index in [1.807, 2.05) is 13.2 Å². The number of guanidine groups is 1. The zero-order valence-corrected chi connectivity index (χ0v) is 17.5. The Morgan fingerprint density at radius 1 is 1.26 bits per heavy atom. The van der Waals surface area contributed by atoms with Crippen LogP contribution < -0.4 is 15.5 Å². The van der Waals surface area contributed by atoms with Crippen molar-refractivity contribution in [3.05, 3.63) is 23.9 Å². The van der Waals surface area contributed by atoms with Crippen LogP contribution in [-0.2, 0) is 11.3 Å². The van der Waals surface area contributed by atoms with E-state index in [1.54, 1.807) is 0 Å². The van der Waals surface area contributed by atoms with Crippen LogP contribution in [0.1, 0.15) is 52.0 Å². The molecule has 6 heteroatoms. The number of rotatable bonds is 9. The van der Waals surface area contributed by atoms with E-state index in [0.29, 0.717) is 5.92 Å². The Morgan fingerprint density at radius 3 is 2.70 bits per heavy atom. The second-order valence-electron chi connectivity index (χ2n) is 7.45. The van der Waals surface area contributed by atoms with Crippen LogP contribution in [0.3, 0.4) is 0 Å². The van der Waals surface area contributed by atoms with E-state index in [4.69, 9.17) is 4.74 Å². The summed E-state index contributed by atoms with van der Waals surface area (Å²) in [5, 5.41) is 6.80. The van der Waals surface area contributed by atoms with Gasteiger partial charge in [0.1, 0.15) is 5.82 Å². The molecule has 0 radical (unpaired) electrons. The van der Waals surface area contributed by atoms with Crippen LogP contribution in [0, 0.1) is 5.92 Å². The number of aromatic nitrogens is 1. The van der Waals surface area contributed by atoms with E-state index in [-0.39, 0.29) is 6.10 Å². The normalized spacial score (nSPS) is 16.5. The fourth-order valence-electron chi connectivity index (χ4n) is 3.43. The van der Waals surface area contributed by atoms with Gasteiger partial charge >= 0.3 is 0 Å². The fraction of sp³-hybridized carbons (Fsp3) is 0.714. The van der Waals surface area contributed by atoms with Crippen molar-refractivity contribution >= 4 is 11.8 Å². The lowest BCUT2D eigenvalue weighted by Crippen LogP contribution is -2.39. The minimum Gasteiger partial charge on any atom is -0.378 e. The number of nitrogens with one attached hydrogen (secondary N) is 2. The van der Waals surface area contributed by atoms with E-state index in [2.05, 4.69) is 58.4 Å². The van der Waals surface area contributed by atoms with Gasteiger partial charge in [0, 0.05) is 46.0 Å². The second-order valence-corrected chi connectivity index (χ2v) is 7.45. The average Bonchev–Trinajstić information content (AvgIpc) is 2.70. The minimum atomic E-state index is 0.285. The quantitative estimate of drug-likeness (QED) is 0.513. The van der Waals surface area contributed by atoms with Gasteiger partial charge < -0.3 is 20.3 Å². The predicted octanol–water partition coefficient (Wildman–Crippen LogP) is 3.19. The highest BCUT2D eigenvalue weighted by molar-refractivity contribution is 5.79. The molecule has 1 aliphatic heterocycles. The summed E-state index contributed by atoms with van der Waals surface area (Å²) < 4.78 is 5.81. The summed E-state index contributed by atoms with van der Waals surface area (Å²) in [6.45, 7) is 11.0. The van der Waals surface area contributed by atoms with Gasteiger partial charge in [0.2, 0.25) is 0 Å². The summed E-state index contributed by atoms with van der Waals surface area (Å²) in [6.07, 6.45) is 7.03. The van der Waals surface area contributed by atoms with Crippen LogP contribution in [0.5, 0.6) is 0 Å². The van der Waals surface area contributed by atoms with Crippen LogP contribution in [0.2, 0.25) is 0 Å². The molecular formula is C21H37N5O. The number of hydrogen-bond acceptors (Lipinski definition) is 4. The largest absolute Gasteiger partial charge is 0.378 e. The summed E-state index contributed by atoms with van der Waals surface area (Å²) in [6, 6.07) is 4.26. The Labute approximate surface area is 164 Å². The lowest BCUT2D eigenvalue weighted by molar-refractivity contribution is 0.0258. The van der Waals surface area contributed by atoms with Crippen molar-refractivity contribution in [1.29, 1.82) is 0 Å². The first-order chi connectivity index (χ1) is 13.1. The molecule has 0 saturated carbocycles. The van der Waals surface area contributed by atoms with Crippen LogP contribution >= 0.6 is 0 Å². The van der Waals surface area contributed by atoms with Crippen LogP contribution in [-0.4, -0.2) is 50.3 Å². The average molecular weight is 376 g/mol. The van der Waals surface area contributed by atoms with Crippen molar-refractivity contribution in [1.82, 2.24) is 15.6 Å². The van der Waals surface area contributed by atoms with Crippen LogP contribution in [0.4, 0.5) is 5.82 Å². The zero-order chi connectivity index (χ0) is 19.5. The maximum Gasteiger partial charge on any atom is 0.191 e. The number of hydrogen-bond donors (Lipinski definition) is 2. The molecule has 2 rings (SSSR count). The third kappa shape index (κ3) is 7.37. The van der Waals surface area contributed by atoms with Crippen molar-refractivity contribution in [2.75, 3.05) is 38.2 Å². The maximum atomic E-state index is 5.81. The molecule has 0 aromatic carbocycles. The molecule has 1 aliphatic rings. The van der Waals surface area contributed by atoms with Gasteiger partial charge in [-0.2, -0.15) is 0 Å². The molecule has 0 spiro atoms. The maximum absolute atomic E-state index is 5.81. The monoisotopic (exact) mass is 375 g/mol. The van der Waals surface area contributed by atoms with Crippen LogP contribution in [0.15, 0.2) is 23.3 Å². The Hall–Kier alpha value is -1.82. The molecule has 0 bridgehead atoms. The second kappa shape index (κ2) is 11.8. The molecule has 1 atom stereocenters. The van der Waals surface area contributed by atoms with Crippen molar-refractivity contribution in [3.8, 4) is 0 Å². The Kier molecular flexibility index (Phi) is 9.39. The van der Waals surface area contributed by atoms with Gasteiger partial charge in [0.15, 0.2) is 5.96 Å². The topological polar surface area (TPSA) is 61.8 Å². The third-order valence-electron chi connectivity index (χ3n) is 5.02. The number of piperidine rings is 1. The molecule has 1 unspecified atom stereocenters. The molecule has 1 aromatic heterocycles. The predicted molar refractivity (Wildman–Crippen MR) is 113 cm³/mol. The molecule has 0 aliphatic carbocycles. The van der Waals surface area contributed by atoms with Crippen molar-refractivity contribution in [3.63, 3.8) is 0 Å². The number of anilines is 1. The Bertz CT molecular complexity index is 569. The molecular weight excluding hydrogens is 338 g/mol. The van der Waals surface area contributed by atoms with Gasteiger partial charge in [0.05, 0.1) is 6.10 Å². The molecule has 27 heavy (non-hydrogen) atoms. The number of nitrogens with zero attached hydrogens (tertiary/aromatic N) is 3. The van der Waals surface area contributed by atoms with E-state index < -0.39 is 0 Å². The Balaban J connectivity index is 1.80. The first kappa shape index (κ1) is 21.5. The van der Waals surface area contributed by atoms with E-state index in [0.717, 1.165) is 51.0 Å². The van der Waals surface area contributed by atoms with E-state index in [9.17, 15) is 0 Å². The summed E-state index contributed by atoms with van der Waals surface area (Å²) in [5.74, 6) is 2.44. The summed E-state index contributed by atoms with van der Waals surface area (Å²) in [4.78, 5) is 11.3. The smallest absolute Gasteiger partial charge is 0.191 e. The highest BCUT2D eigenvalue weighted by atomic mass is 16.5. The molecule has 0 amide bonds. The molecule has 152 valence electrons. The fourth-order valence-corrected chi connectivity index (χ4v) is 3.43. The molecule has 1 saturated heterocycles. The van der Waals surface area contributed by atoms with E-state index in [1.165, 1.54) is 24.8 Å². The van der Waals surface area contributed by atoms with E-state index >= 15 is 0 Å². The lowest BCUT2D eigenvalue weighted by Gasteiger charge is -2.28. The van der Waals surface area contributed by atoms with Crippen molar-refractivity contribution in [2.24, 2.45) is 10.9 Å². The zero-order valence-electron chi connectivity index (χ0n) is 17.5. The highest BCUT2D eigenvalue weighted by Crippen LogP contribution is 2.18. The molecule has 2 heterocycles. The van der Waals surface area contributed by atoms with Crippen molar-refractivity contribution < 1.29 is 4.74 Å². The standard InChI is InChI=1S/C21H37N5O/c1-5-27-19(17(2)3)10-12-24-21(22-4)25-16-18-9-11-23-20(15-18)26-13-7-6-8-14-26/h9,11,15,17,19H,5-8,10,12-14,16H2,1-4H3,(H2,22,24,25). The minimum absolute atomic E-state index is 0.285. The SMILES string of the molecule is CCOC(CCNC(=NC)NCc1ccnc(N2CCCCC2)c1)C(C)C. The Morgan fingerprint density at radius 2 is 2.04 bits per heavy atom. The van der Waals surface area contributed by atoms with Gasteiger partial charge in [-0.25, -0.2) is 4.98 Å². The first-order valence-corrected chi connectivity index (χ1v) is 10.4. The highest BCUT2D eigenvalue weighted by Gasteiger charge is 2.14. The summed E-state index contributed by atoms with van der Waals surface area (Å²) >= 11 is 0. The van der Waals surface area contributed by atoms with Gasteiger partial charge in [-0.15, -0.1) is 0 Å².